The number of hydrogen-bond donors (Lipinski definition) is 2. The van der Waals surface area contributed by atoms with Gasteiger partial charge in [-0.2, -0.15) is 0 Å². The number of hydrogen-bond acceptors (Lipinski definition) is 3. The molecule has 2 amide bonds. The van der Waals surface area contributed by atoms with Gasteiger partial charge >= 0.3 is 0 Å². The summed E-state index contributed by atoms with van der Waals surface area (Å²) in [6, 6.07) is 14.7. The first kappa shape index (κ1) is 18.5. The molecule has 2 aromatic rings. The van der Waals surface area contributed by atoms with Crippen LogP contribution in [0.5, 0.6) is 5.75 Å². The predicted molar refractivity (Wildman–Crippen MR) is 100 cm³/mol. The highest BCUT2D eigenvalue weighted by molar-refractivity contribution is 6.08. The number of anilines is 2. The van der Waals surface area contributed by atoms with Gasteiger partial charge < -0.3 is 15.4 Å². The molecule has 0 heterocycles. The Hall–Kier alpha value is -2.82. The minimum absolute atomic E-state index is 0.236. The maximum Gasteiger partial charge on any atom is 0.233 e. The summed E-state index contributed by atoms with van der Waals surface area (Å²) in [5, 5.41) is 5.52. The molecule has 5 nitrogen and oxygen atoms in total. The average molecular weight is 340 g/mol. The van der Waals surface area contributed by atoms with Gasteiger partial charge in [-0.3, -0.25) is 9.59 Å². The van der Waals surface area contributed by atoms with E-state index in [9.17, 15) is 9.59 Å². The maximum atomic E-state index is 12.1. The summed E-state index contributed by atoms with van der Waals surface area (Å²) in [5.74, 6) is 0.331. The summed E-state index contributed by atoms with van der Waals surface area (Å²) in [5.41, 5.74) is 2.42. The first-order valence-electron chi connectivity index (χ1n) is 8.41. The molecule has 0 radical (unpaired) electrons. The molecule has 0 saturated carbocycles. The molecule has 0 aromatic heterocycles. The summed E-state index contributed by atoms with van der Waals surface area (Å²) < 4.78 is 5.35. The monoisotopic (exact) mass is 340 g/mol. The lowest BCUT2D eigenvalue weighted by atomic mass is 10.0. The van der Waals surface area contributed by atoms with Crippen molar-refractivity contribution in [2.75, 3.05) is 17.2 Å². The lowest BCUT2D eigenvalue weighted by Gasteiger charge is -2.13. The minimum atomic E-state index is -0.358. The van der Waals surface area contributed by atoms with Crippen molar-refractivity contribution in [3.05, 3.63) is 54.1 Å². The number of ether oxygens (including phenoxy) is 1. The normalized spacial score (nSPS) is 10.4. The van der Waals surface area contributed by atoms with Gasteiger partial charge in [-0.05, 0) is 48.7 Å². The first-order valence-corrected chi connectivity index (χ1v) is 8.41. The van der Waals surface area contributed by atoms with Crippen molar-refractivity contribution in [1.29, 1.82) is 0 Å². The number of carbonyl (C=O) groups excluding carboxylic acids is 2. The second kappa shape index (κ2) is 8.87. The molecule has 2 N–H and O–H groups in total. The van der Waals surface area contributed by atoms with Crippen LogP contribution in [-0.4, -0.2) is 18.4 Å². The number of nitrogens with one attached hydrogen (secondary N) is 2. The second-order valence-electron chi connectivity index (χ2n) is 5.97. The summed E-state index contributed by atoms with van der Waals surface area (Å²) in [4.78, 5) is 24.2. The third kappa shape index (κ3) is 5.64. The molecule has 0 aliphatic carbocycles. The Morgan fingerprint density at radius 2 is 1.60 bits per heavy atom. The fourth-order valence-electron chi connectivity index (χ4n) is 2.46. The van der Waals surface area contributed by atoms with Gasteiger partial charge in [0.25, 0.3) is 0 Å². The van der Waals surface area contributed by atoms with Gasteiger partial charge in [-0.1, -0.05) is 32.0 Å². The number of amides is 2. The predicted octanol–water partition coefficient (Wildman–Crippen LogP) is 4.18. The lowest BCUT2D eigenvalue weighted by molar-refractivity contribution is -0.123. The van der Waals surface area contributed by atoms with Gasteiger partial charge in [0.2, 0.25) is 11.8 Å². The second-order valence-corrected chi connectivity index (χ2v) is 5.97. The van der Waals surface area contributed by atoms with E-state index in [0.29, 0.717) is 12.3 Å². The molecule has 0 saturated heterocycles. The molecule has 25 heavy (non-hydrogen) atoms. The van der Waals surface area contributed by atoms with Crippen molar-refractivity contribution in [2.45, 2.75) is 33.1 Å². The van der Waals surface area contributed by atoms with Crippen LogP contribution in [0.2, 0.25) is 0 Å². The molecule has 0 aliphatic rings. The third-order valence-electron chi connectivity index (χ3n) is 3.63. The Labute approximate surface area is 148 Å². The highest BCUT2D eigenvalue weighted by Crippen LogP contribution is 2.23. The molecule has 2 aromatic carbocycles. The molecule has 0 atom stereocenters. The minimum Gasteiger partial charge on any atom is -0.494 e. The zero-order valence-corrected chi connectivity index (χ0v) is 14.8. The van der Waals surface area contributed by atoms with E-state index in [1.165, 1.54) is 0 Å². The Kier molecular flexibility index (Phi) is 6.57. The molecular formula is C20H24N2O3. The van der Waals surface area contributed by atoms with Gasteiger partial charge in [0.15, 0.2) is 0 Å². The van der Waals surface area contributed by atoms with Crippen LogP contribution in [0.15, 0.2) is 48.5 Å². The lowest BCUT2D eigenvalue weighted by Crippen LogP contribution is -2.22. The van der Waals surface area contributed by atoms with Crippen LogP contribution in [-0.2, 0) is 9.59 Å². The first-order chi connectivity index (χ1) is 12.0. The van der Waals surface area contributed by atoms with Gasteiger partial charge in [0.1, 0.15) is 12.2 Å². The molecule has 0 fully saturated rings. The van der Waals surface area contributed by atoms with E-state index in [4.69, 9.17) is 4.74 Å². The van der Waals surface area contributed by atoms with E-state index < -0.39 is 0 Å². The average Bonchev–Trinajstić information content (AvgIpc) is 2.57. The van der Waals surface area contributed by atoms with E-state index in [-0.39, 0.29) is 24.2 Å². The molecule has 132 valence electrons. The van der Waals surface area contributed by atoms with Crippen LogP contribution in [0, 0.1) is 0 Å². The van der Waals surface area contributed by atoms with Gasteiger partial charge in [0, 0.05) is 11.4 Å². The van der Waals surface area contributed by atoms with E-state index in [1.54, 1.807) is 24.3 Å². The van der Waals surface area contributed by atoms with E-state index >= 15 is 0 Å². The van der Waals surface area contributed by atoms with Crippen molar-refractivity contribution in [1.82, 2.24) is 0 Å². The summed E-state index contributed by atoms with van der Waals surface area (Å²) in [6.45, 7) is 6.61. The Morgan fingerprint density at radius 3 is 2.24 bits per heavy atom. The number of para-hydroxylation sites is 1. The molecule has 0 unspecified atom stereocenters. The van der Waals surface area contributed by atoms with Crippen LogP contribution in [0.25, 0.3) is 0 Å². The topological polar surface area (TPSA) is 67.4 Å². The van der Waals surface area contributed by atoms with Crippen LogP contribution in [0.4, 0.5) is 11.4 Å². The largest absolute Gasteiger partial charge is 0.494 e. The van der Waals surface area contributed by atoms with Crippen LogP contribution in [0.1, 0.15) is 38.7 Å². The zero-order valence-electron chi connectivity index (χ0n) is 14.8. The number of carbonyl (C=O) groups is 2. The molecule has 5 heteroatoms. The highest BCUT2D eigenvalue weighted by Gasteiger charge is 2.13. The SMILES string of the molecule is CCOc1ccc(NC(=O)CC(=O)Nc2ccccc2C(C)C)cc1. The fraction of sp³-hybridized carbons (Fsp3) is 0.300. The van der Waals surface area contributed by atoms with Crippen molar-refractivity contribution in [2.24, 2.45) is 0 Å². The maximum absolute atomic E-state index is 12.1. The molecule has 0 bridgehead atoms. The van der Waals surface area contributed by atoms with Crippen molar-refractivity contribution in [3.63, 3.8) is 0 Å². The number of benzene rings is 2. The smallest absolute Gasteiger partial charge is 0.233 e. The molecular weight excluding hydrogens is 316 g/mol. The Morgan fingerprint density at radius 1 is 0.960 bits per heavy atom. The van der Waals surface area contributed by atoms with Crippen LogP contribution in [0.3, 0.4) is 0 Å². The summed E-state index contributed by atoms with van der Waals surface area (Å²) in [7, 11) is 0. The third-order valence-corrected chi connectivity index (χ3v) is 3.63. The standard InChI is InChI=1S/C20H24N2O3/c1-4-25-16-11-9-15(10-12-16)21-19(23)13-20(24)22-18-8-6-5-7-17(18)14(2)3/h5-12,14H,4,13H2,1-3H3,(H,21,23)(H,22,24). The number of rotatable bonds is 7. The summed E-state index contributed by atoms with van der Waals surface area (Å²) in [6.07, 6.45) is -0.236. The van der Waals surface area contributed by atoms with Gasteiger partial charge in [0.05, 0.1) is 6.61 Å². The molecule has 0 spiro atoms. The van der Waals surface area contributed by atoms with E-state index in [0.717, 1.165) is 17.0 Å². The van der Waals surface area contributed by atoms with Gasteiger partial charge in [-0.25, -0.2) is 0 Å². The van der Waals surface area contributed by atoms with Crippen LogP contribution >= 0.6 is 0 Å². The highest BCUT2D eigenvalue weighted by atomic mass is 16.5. The molecule has 0 aliphatic heterocycles. The fourth-order valence-corrected chi connectivity index (χ4v) is 2.46. The van der Waals surface area contributed by atoms with Crippen LogP contribution < -0.4 is 15.4 Å². The van der Waals surface area contributed by atoms with E-state index in [1.807, 2.05) is 31.2 Å². The quantitative estimate of drug-likeness (QED) is 0.743. The zero-order chi connectivity index (χ0) is 18.2. The van der Waals surface area contributed by atoms with Crippen molar-refractivity contribution >= 4 is 23.2 Å². The molecule has 2 rings (SSSR count). The van der Waals surface area contributed by atoms with Gasteiger partial charge in [-0.15, -0.1) is 0 Å². The van der Waals surface area contributed by atoms with E-state index in [2.05, 4.69) is 24.5 Å². The summed E-state index contributed by atoms with van der Waals surface area (Å²) >= 11 is 0. The van der Waals surface area contributed by atoms with Crippen molar-refractivity contribution in [3.8, 4) is 5.75 Å². The van der Waals surface area contributed by atoms with Crippen molar-refractivity contribution < 1.29 is 14.3 Å². The Bertz CT molecular complexity index is 724. The Balaban J connectivity index is 1.91.